The molecule has 36 heavy (non-hydrogen) atoms. The first-order valence-corrected chi connectivity index (χ1v) is 14.1. The van der Waals surface area contributed by atoms with E-state index in [1.165, 1.54) is 29.5 Å². The monoisotopic (exact) mass is 529 g/mol. The Bertz CT molecular complexity index is 1300. The number of thioether (sulfide) groups is 1. The lowest BCUT2D eigenvalue weighted by Crippen LogP contribution is -2.50. The van der Waals surface area contributed by atoms with E-state index in [1.54, 1.807) is 12.1 Å². The van der Waals surface area contributed by atoms with Crippen molar-refractivity contribution in [2.24, 2.45) is 16.0 Å². The molecule has 0 saturated carbocycles. The maximum absolute atomic E-state index is 12.6. The average Bonchev–Trinajstić information content (AvgIpc) is 3.20. The molecule has 2 aliphatic heterocycles. The Morgan fingerprint density at radius 3 is 2.56 bits per heavy atom. The summed E-state index contributed by atoms with van der Waals surface area (Å²) in [5.41, 5.74) is 10.4. The van der Waals surface area contributed by atoms with Gasteiger partial charge in [-0.2, -0.15) is 0 Å². The van der Waals surface area contributed by atoms with Gasteiger partial charge in [-0.3, -0.25) is 20.5 Å². The van der Waals surface area contributed by atoms with E-state index in [0.717, 1.165) is 16.8 Å². The number of nitrogens with two attached hydrogens (primary N) is 1. The predicted molar refractivity (Wildman–Crippen MR) is 144 cm³/mol. The number of hydrazine groups is 1. The first kappa shape index (κ1) is 26.3. The highest BCUT2D eigenvalue weighted by Crippen LogP contribution is 2.32. The highest BCUT2D eigenvalue weighted by Gasteiger charge is 2.43. The van der Waals surface area contributed by atoms with E-state index in [1.807, 2.05) is 43.9 Å². The van der Waals surface area contributed by atoms with Gasteiger partial charge in [0.2, 0.25) is 15.9 Å². The summed E-state index contributed by atoms with van der Waals surface area (Å²) in [6, 6.07) is 12.4. The summed E-state index contributed by atoms with van der Waals surface area (Å²) in [4.78, 5) is 19.3. The van der Waals surface area contributed by atoms with Crippen LogP contribution in [-0.4, -0.2) is 49.8 Å². The van der Waals surface area contributed by atoms with Crippen molar-refractivity contribution < 1.29 is 13.2 Å². The van der Waals surface area contributed by atoms with Gasteiger partial charge in [-0.05, 0) is 68.1 Å². The molecule has 1 amide bonds. The van der Waals surface area contributed by atoms with Crippen LogP contribution in [0.1, 0.15) is 23.6 Å². The van der Waals surface area contributed by atoms with Gasteiger partial charge in [0.25, 0.3) is 0 Å². The van der Waals surface area contributed by atoms with Gasteiger partial charge in [0.05, 0.1) is 16.6 Å². The smallest absolute Gasteiger partial charge is 0.238 e. The number of carbonyl (C=O) groups is 1. The zero-order valence-electron chi connectivity index (χ0n) is 20.4. The van der Waals surface area contributed by atoms with Crippen LogP contribution in [0.5, 0.6) is 0 Å². The molecule has 2 aromatic carbocycles. The van der Waals surface area contributed by atoms with Gasteiger partial charge in [-0.1, -0.05) is 30.0 Å². The van der Waals surface area contributed by atoms with Crippen LogP contribution in [0, 0.1) is 25.2 Å². The maximum Gasteiger partial charge on any atom is 0.238 e. The number of benzene rings is 2. The first-order chi connectivity index (χ1) is 17.0. The Balaban J connectivity index is 1.40. The predicted octanol–water partition coefficient (Wildman–Crippen LogP) is 1.63. The van der Waals surface area contributed by atoms with E-state index in [-0.39, 0.29) is 34.7 Å². The molecule has 192 valence electrons. The largest absolute Gasteiger partial charge is 0.355 e. The minimum Gasteiger partial charge on any atom is -0.355 e. The standard InChI is InChI=1S/C24H31N7O3S2/c1-14-4-7-18(12-15(14)2)31-22(25)21-16(3)29-30-23(21)28-24(31)35-13-20(32)27-11-10-17-5-8-19(9-6-17)36(26,33)34/h4-9,12,16,21,23,25,29-30H,10-11,13H2,1-3H3,(H,27,32)(H2,26,33,34). The Kier molecular flexibility index (Phi) is 7.81. The highest BCUT2D eigenvalue weighted by atomic mass is 32.2. The first-order valence-electron chi connectivity index (χ1n) is 11.6. The van der Waals surface area contributed by atoms with Crippen molar-refractivity contribution in [1.82, 2.24) is 16.2 Å². The van der Waals surface area contributed by atoms with E-state index in [2.05, 4.69) is 16.2 Å². The normalized spacial score (nSPS) is 21.8. The second kappa shape index (κ2) is 10.7. The second-order valence-corrected chi connectivity index (χ2v) is 11.5. The molecule has 0 aromatic heterocycles. The van der Waals surface area contributed by atoms with Gasteiger partial charge in [0.15, 0.2) is 5.17 Å². The fourth-order valence-electron chi connectivity index (χ4n) is 4.19. The maximum atomic E-state index is 12.6. The lowest BCUT2D eigenvalue weighted by atomic mass is 9.96. The van der Waals surface area contributed by atoms with Crippen molar-refractivity contribution in [3.63, 3.8) is 0 Å². The number of aryl methyl sites for hydroxylation is 2. The molecule has 3 unspecified atom stereocenters. The number of amidine groups is 2. The van der Waals surface area contributed by atoms with Crippen LogP contribution >= 0.6 is 11.8 Å². The van der Waals surface area contributed by atoms with Crippen molar-refractivity contribution in [2.75, 3.05) is 17.2 Å². The number of aliphatic imine (C=N–C) groups is 1. The summed E-state index contributed by atoms with van der Waals surface area (Å²) in [5.74, 6) is 0.320. The number of primary sulfonamides is 1. The second-order valence-electron chi connectivity index (χ2n) is 9.03. The Morgan fingerprint density at radius 2 is 1.89 bits per heavy atom. The number of anilines is 1. The third kappa shape index (κ3) is 5.79. The van der Waals surface area contributed by atoms with Crippen molar-refractivity contribution in [1.29, 1.82) is 5.41 Å². The number of rotatable bonds is 7. The molecule has 1 fully saturated rings. The van der Waals surface area contributed by atoms with Crippen LogP contribution in [-0.2, 0) is 21.2 Å². The van der Waals surface area contributed by atoms with E-state index < -0.39 is 10.0 Å². The van der Waals surface area contributed by atoms with Crippen molar-refractivity contribution in [3.05, 3.63) is 59.2 Å². The van der Waals surface area contributed by atoms with Gasteiger partial charge in [-0.25, -0.2) is 24.0 Å². The minimum absolute atomic E-state index is 0.0502. The summed E-state index contributed by atoms with van der Waals surface area (Å²) >= 11 is 1.30. The lowest BCUT2D eigenvalue weighted by Gasteiger charge is -2.36. The van der Waals surface area contributed by atoms with E-state index in [0.29, 0.717) is 24.0 Å². The molecule has 0 bridgehead atoms. The summed E-state index contributed by atoms with van der Waals surface area (Å²) in [5, 5.41) is 17.6. The molecule has 3 atom stereocenters. The Morgan fingerprint density at radius 1 is 1.17 bits per heavy atom. The van der Waals surface area contributed by atoms with Gasteiger partial charge in [-0.15, -0.1) is 0 Å². The van der Waals surface area contributed by atoms with Gasteiger partial charge >= 0.3 is 0 Å². The van der Waals surface area contributed by atoms with Crippen LogP contribution < -0.4 is 26.2 Å². The number of sulfonamides is 1. The molecule has 2 aromatic rings. The number of amides is 1. The highest BCUT2D eigenvalue weighted by molar-refractivity contribution is 8.14. The quantitative estimate of drug-likeness (QED) is 0.365. The van der Waals surface area contributed by atoms with Gasteiger partial charge < -0.3 is 5.32 Å². The van der Waals surface area contributed by atoms with Gasteiger partial charge in [0, 0.05) is 18.3 Å². The van der Waals surface area contributed by atoms with Crippen molar-refractivity contribution in [2.45, 2.75) is 44.3 Å². The molecule has 0 spiro atoms. The number of fused-ring (bicyclic) bond motifs is 1. The van der Waals surface area contributed by atoms with Crippen LogP contribution in [0.3, 0.4) is 0 Å². The van der Waals surface area contributed by atoms with Crippen molar-refractivity contribution >= 4 is 44.4 Å². The van der Waals surface area contributed by atoms with E-state index in [4.69, 9.17) is 15.5 Å². The SMILES string of the molecule is Cc1ccc(N2C(=N)C3C(C)NNC3N=C2SCC(=O)NCCc2ccc(S(N)(=O)=O)cc2)cc1C. The molecule has 6 N–H and O–H groups in total. The lowest BCUT2D eigenvalue weighted by molar-refractivity contribution is -0.118. The molecule has 1 saturated heterocycles. The zero-order chi connectivity index (χ0) is 26.0. The summed E-state index contributed by atoms with van der Waals surface area (Å²) < 4.78 is 22.8. The van der Waals surface area contributed by atoms with Crippen LogP contribution in [0.25, 0.3) is 0 Å². The molecule has 12 heteroatoms. The number of carbonyl (C=O) groups excluding carboxylic acids is 1. The molecule has 0 radical (unpaired) electrons. The zero-order valence-corrected chi connectivity index (χ0v) is 22.0. The number of hydrogen-bond donors (Lipinski definition) is 5. The number of hydrogen-bond acceptors (Lipinski definition) is 8. The molecular formula is C24H31N7O3S2. The molecule has 2 heterocycles. The summed E-state index contributed by atoms with van der Waals surface area (Å²) in [6.07, 6.45) is 0.292. The van der Waals surface area contributed by atoms with E-state index >= 15 is 0 Å². The molecule has 10 nitrogen and oxygen atoms in total. The summed E-state index contributed by atoms with van der Waals surface area (Å²) in [7, 11) is -3.72. The minimum atomic E-state index is -3.72. The number of nitrogens with zero attached hydrogens (tertiary/aromatic N) is 2. The van der Waals surface area contributed by atoms with Crippen LogP contribution in [0.15, 0.2) is 52.4 Å². The molecule has 0 aliphatic carbocycles. The topological polar surface area (TPSA) is 153 Å². The molecule has 2 aliphatic rings. The average molecular weight is 530 g/mol. The Labute approximate surface area is 215 Å². The van der Waals surface area contributed by atoms with Crippen LogP contribution in [0.4, 0.5) is 5.69 Å². The summed E-state index contributed by atoms with van der Waals surface area (Å²) in [6.45, 7) is 6.52. The fourth-order valence-corrected chi connectivity index (χ4v) is 5.59. The van der Waals surface area contributed by atoms with Crippen molar-refractivity contribution in [3.8, 4) is 0 Å². The Hall–Kier alpha value is -2.77. The molecule has 4 rings (SSSR count). The third-order valence-electron chi connectivity index (χ3n) is 6.40. The van der Waals surface area contributed by atoms with E-state index in [9.17, 15) is 13.2 Å². The number of nitrogens with one attached hydrogen (secondary N) is 4. The third-order valence-corrected chi connectivity index (χ3v) is 8.29. The molecular weight excluding hydrogens is 498 g/mol. The fraction of sp³-hybridized carbons (Fsp3) is 0.375. The van der Waals surface area contributed by atoms with Gasteiger partial charge in [0.1, 0.15) is 12.0 Å². The van der Waals surface area contributed by atoms with Crippen LogP contribution in [0.2, 0.25) is 0 Å².